The van der Waals surface area contributed by atoms with E-state index < -0.39 is 6.09 Å². The molecule has 0 aromatic rings. The fraction of sp³-hybridized carbons (Fsp3) is 0.909. The highest BCUT2D eigenvalue weighted by atomic mass is 16.6. The summed E-state index contributed by atoms with van der Waals surface area (Å²) in [4.78, 5) is 11.3. The Balaban J connectivity index is 3.59. The van der Waals surface area contributed by atoms with Crippen LogP contribution in [-0.2, 0) is 14.2 Å². The van der Waals surface area contributed by atoms with Gasteiger partial charge in [-0.15, -0.1) is 0 Å². The fourth-order valence-electron chi connectivity index (χ4n) is 0.916. The molecule has 1 amide bonds. The molecular weight excluding hydrogens is 210 g/mol. The molecule has 1 atom stereocenters. The molecule has 0 aliphatic heterocycles. The minimum Gasteiger partial charge on any atom is -0.447 e. The Hall–Kier alpha value is -0.810. The Bertz CT molecular complexity index is 201. The van der Waals surface area contributed by atoms with E-state index in [-0.39, 0.29) is 18.2 Å². The third-order valence-electron chi connectivity index (χ3n) is 1.62. The summed E-state index contributed by atoms with van der Waals surface area (Å²) >= 11 is 0. The van der Waals surface area contributed by atoms with E-state index in [2.05, 4.69) is 5.32 Å². The van der Waals surface area contributed by atoms with E-state index in [1.54, 1.807) is 7.11 Å². The first kappa shape index (κ1) is 15.2. The summed E-state index contributed by atoms with van der Waals surface area (Å²) in [5.41, 5.74) is -0.281. The van der Waals surface area contributed by atoms with Gasteiger partial charge in [-0.2, -0.15) is 0 Å². The third kappa shape index (κ3) is 9.73. The summed E-state index contributed by atoms with van der Waals surface area (Å²) in [5.74, 6) is 0. The smallest absolute Gasteiger partial charge is 0.407 e. The SMILES string of the molecule is COCCOC(C)COC(=O)NC(C)(C)C. The van der Waals surface area contributed by atoms with Crippen LogP contribution in [0, 0.1) is 0 Å². The molecule has 0 aliphatic rings. The second-order valence-electron chi connectivity index (χ2n) is 4.65. The number of nitrogens with one attached hydrogen (secondary N) is 1. The predicted molar refractivity (Wildman–Crippen MR) is 61.5 cm³/mol. The maximum atomic E-state index is 11.3. The number of hydrogen-bond donors (Lipinski definition) is 1. The number of alkyl carbamates (subject to hydrolysis) is 1. The van der Waals surface area contributed by atoms with Crippen LogP contribution in [0.4, 0.5) is 4.79 Å². The Morgan fingerprint density at radius 2 is 1.94 bits per heavy atom. The number of carbonyl (C=O) groups is 1. The number of amides is 1. The first-order valence-electron chi connectivity index (χ1n) is 5.40. The molecule has 16 heavy (non-hydrogen) atoms. The molecule has 0 radical (unpaired) electrons. The topological polar surface area (TPSA) is 56.8 Å². The molecule has 1 unspecified atom stereocenters. The summed E-state index contributed by atoms with van der Waals surface area (Å²) in [6, 6.07) is 0. The molecule has 1 N–H and O–H groups in total. The monoisotopic (exact) mass is 233 g/mol. The van der Waals surface area contributed by atoms with Gasteiger partial charge >= 0.3 is 6.09 Å². The zero-order valence-electron chi connectivity index (χ0n) is 10.8. The fourth-order valence-corrected chi connectivity index (χ4v) is 0.916. The minimum atomic E-state index is -0.422. The predicted octanol–water partition coefficient (Wildman–Crippen LogP) is 1.56. The van der Waals surface area contributed by atoms with E-state index in [0.717, 1.165) is 0 Å². The number of carbonyl (C=O) groups excluding carboxylic acids is 1. The van der Waals surface area contributed by atoms with Crippen molar-refractivity contribution >= 4 is 6.09 Å². The largest absolute Gasteiger partial charge is 0.447 e. The minimum absolute atomic E-state index is 0.124. The molecule has 0 bridgehead atoms. The van der Waals surface area contributed by atoms with Crippen LogP contribution in [0.25, 0.3) is 0 Å². The maximum Gasteiger partial charge on any atom is 0.407 e. The lowest BCUT2D eigenvalue weighted by Gasteiger charge is -2.21. The molecule has 0 heterocycles. The number of ether oxygens (including phenoxy) is 3. The zero-order valence-corrected chi connectivity index (χ0v) is 10.8. The van der Waals surface area contributed by atoms with Gasteiger partial charge in [0, 0.05) is 12.6 Å². The normalized spacial score (nSPS) is 13.3. The summed E-state index contributed by atoms with van der Waals surface area (Å²) in [6.45, 7) is 8.82. The summed E-state index contributed by atoms with van der Waals surface area (Å²) < 4.78 is 15.2. The van der Waals surface area contributed by atoms with E-state index in [9.17, 15) is 4.79 Å². The molecule has 0 saturated carbocycles. The van der Waals surface area contributed by atoms with Crippen molar-refractivity contribution in [3.63, 3.8) is 0 Å². The Morgan fingerprint density at radius 1 is 1.31 bits per heavy atom. The lowest BCUT2D eigenvalue weighted by Crippen LogP contribution is -2.41. The molecule has 5 heteroatoms. The Morgan fingerprint density at radius 3 is 2.44 bits per heavy atom. The average Bonchev–Trinajstić information content (AvgIpc) is 2.12. The van der Waals surface area contributed by atoms with Gasteiger partial charge in [0.1, 0.15) is 6.61 Å². The van der Waals surface area contributed by atoms with Gasteiger partial charge in [-0.25, -0.2) is 4.79 Å². The lowest BCUT2D eigenvalue weighted by molar-refractivity contribution is -0.00717. The van der Waals surface area contributed by atoms with Crippen LogP contribution in [0.15, 0.2) is 0 Å². The first-order chi connectivity index (χ1) is 7.35. The quantitative estimate of drug-likeness (QED) is 0.707. The van der Waals surface area contributed by atoms with E-state index in [1.807, 2.05) is 27.7 Å². The van der Waals surface area contributed by atoms with Gasteiger partial charge in [0.05, 0.1) is 19.3 Å². The lowest BCUT2D eigenvalue weighted by atomic mass is 10.1. The van der Waals surface area contributed by atoms with Crippen molar-refractivity contribution in [2.75, 3.05) is 26.9 Å². The molecule has 0 rings (SSSR count). The van der Waals surface area contributed by atoms with Gasteiger partial charge in [-0.1, -0.05) is 0 Å². The van der Waals surface area contributed by atoms with Crippen molar-refractivity contribution in [3.05, 3.63) is 0 Å². The number of methoxy groups -OCH3 is 1. The van der Waals surface area contributed by atoms with E-state index >= 15 is 0 Å². The highest BCUT2D eigenvalue weighted by molar-refractivity contribution is 5.68. The van der Waals surface area contributed by atoms with Crippen molar-refractivity contribution in [2.24, 2.45) is 0 Å². The van der Waals surface area contributed by atoms with Gasteiger partial charge < -0.3 is 19.5 Å². The van der Waals surface area contributed by atoms with Crippen LogP contribution in [0.3, 0.4) is 0 Å². The molecule has 0 spiro atoms. The summed E-state index contributed by atoms with van der Waals surface area (Å²) in [5, 5.41) is 2.70. The molecule has 0 aromatic carbocycles. The molecular formula is C11H23NO4. The average molecular weight is 233 g/mol. The third-order valence-corrected chi connectivity index (χ3v) is 1.62. The van der Waals surface area contributed by atoms with Crippen molar-refractivity contribution in [2.45, 2.75) is 39.3 Å². The van der Waals surface area contributed by atoms with Crippen LogP contribution >= 0.6 is 0 Å². The van der Waals surface area contributed by atoms with E-state index in [4.69, 9.17) is 14.2 Å². The van der Waals surface area contributed by atoms with E-state index in [1.165, 1.54) is 0 Å². The van der Waals surface area contributed by atoms with Gasteiger partial charge in [-0.3, -0.25) is 0 Å². The Labute approximate surface area is 97.4 Å². The molecule has 0 fully saturated rings. The molecule has 96 valence electrons. The standard InChI is InChI=1S/C11H23NO4/c1-9(15-7-6-14-5)8-16-10(13)12-11(2,3)4/h9H,6-8H2,1-5H3,(H,12,13). The Kier molecular flexibility index (Phi) is 7.08. The van der Waals surface area contributed by atoms with Crippen molar-refractivity contribution in [3.8, 4) is 0 Å². The van der Waals surface area contributed by atoms with Gasteiger partial charge in [0.25, 0.3) is 0 Å². The van der Waals surface area contributed by atoms with Crippen molar-refractivity contribution in [1.29, 1.82) is 0 Å². The van der Waals surface area contributed by atoms with Crippen LogP contribution < -0.4 is 5.32 Å². The van der Waals surface area contributed by atoms with Gasteiger partial charge in [-0.05, 0) is 27.7 Å². The van der Waals surface area contributed by atoms with Gasteiger partial charge in [0.15, 0.2) is 0 Å². The number of hydrogen-bond acceptors (Lipinski definition) is 4. The second kappa shape index (κ2) is 7.46. The van der Waals surface area contributed by atoms with Crippen LogP contribution in [0.5, 0.6) is 0 Å². The maximum absolute atomic E-state index is 11.3. The van der Waals surface area contributed by atoms with Crippen LogP contribution in [-0.4, -0.2) is 44.7 Å². The van der Waals surface area contributed by atoms with Crippen molar-refractivity contribution in [1.82, 2.24) is 5.32 Å². The second-order valence-corrected chi connectivity index (χ2v) is 4.65. The number of rotatable bonds is 6. The van der Waals surface area contributed by atoms with Crippen molar-refractivity contribution < 1.29 is 19.0 Å². The highest BCUT2D eigenvalue weighted by Gasteiger charge is 2.15. The zero-order chi connectivity index (χ0) is 12.6. The van der Waals surface area contributed by atoms with Gasteiger partial charge in [0.2, 0.25) is 0 Å². The summed E-state index contributed by atoms with van der Waals surface area (Å²) in [6.07, 6.45) is -0.546. The molecule has 0 aliphatic carbocycles. The molecule has 5 nitrogen and oxygen atoms in total. The van der Waals surface area contributed by atoms with Crippen LogP contribution in [0.2, 0.25) is 0 Å². The summed E-state index contributed by atoms with van der Waals surface area (Å²) in [7, 11) is 1.61. The highest BCUT2D eigenvalue weighted by Crippen LogP contribution is 2.00. The molecule has 0 saturated heterocycles. The van der Waals surface area contributed by atoms with E-state index in [0.29, 0.717) is 13.2 Å². The molecule has 0 aromatic heterocycles. The first-order valence-corrected chi connectivity index (χ1v) is 5.40. The van der Waals surface area contributed by atoms with Crippen LogP contribution in [0.1, 0.15) is 27.7 Å².